The summed E-state index contributed by atoms with van der Waals surface area (Å²) in [4.78, 5) is 16.5. The molecule has 0 unspecified atom stereocenters. The summed E-state index contributed by atoms with van der Waals surface area (Å²) >= 11 is 1.38. The lowest BCUT2D eigenvalue weighted by molar-refractivity contribution is 0.102. The van der Waals surface area contributed by atoms with Gasteiger partial charge < -0.3 is 4.40 Å². The number of carbonyl (C=O) groups is 1. The largest absolute Gasteiger partial charge is 0.306 e. The van der Waals surface area contributed by atoms with Crippen molar-refractivity contribution in [2.24, 2.45) is 0 Å². The van der Waals surface area contributed by atoms with Gasteiger partial charge in [-0.25, -0.2) is 4.98 Å². The predicted molar refractivity (Wildman–Crippen MR) is 81.9 cm³/mol. The summed E-state index contributed by atoms with van der Waals surface area (Å²) in [6, 6.07) is 3.90. The summed E-state index contributed by atoms with van der Waals surface area (Å²) in [5.41, 5.74) is 2.22. The number of anilines is 1. The number of fused-ring (bicyclic) bond motifs is 1. The highest BCUT2D eigenvalue weighted by molar-refractivity contribution is 7.15. The van der Waals surface area contributed by atoms with Gasteiger partial charge in [-0.15, -0.1) is 10.2 Å². The van der Waals surface area contributed by atoms with Crippen LogP contribution in [-0.2, 0) is 0 Å². The quantitative estimate of drug-likeness (QED) is 0.807. The van der Waals surface area contributed by atoms with Gasteiger partial charge in [0.1, 0.15) is 16.3 Å². The molecule has 0 atom stereocenters. The van der Waals surface area contributed by atoms with Gasteiger partial charge in [0.2, 0.25) is 5.13 Å². The highest BCUT2D eigenvalue weighted by Gasteiger charge is 2.14. The van der Waals surface area contributed by atoms with E-state index in [1.165, 1.54) is 11.3 Å². The maximum absolute atomic E-state index is 12.2. The number of aryl methyl sites for hydroxylation is 1. The van der Waals surface area contributed by atoms with E-state index in [1.54, 1.807) is 6.20 Å². The van der Waals surface area contributed by atoms with Crippen LogP contribution in [0.4, 0.5) is 5.13 Å². The summed E-state index contributed by atoms with van der Waals surface area (Å²) in [5.74, 6) is 0.0223. The van der Waals surface area contributed by atoms with Crippen LogP contribution in [0, 0.1) is 6.92 Å². The second kappa shape index (κ2) is 5.25. The molecule has 0 aliphatic carbocycles. The van der Waals surface area contributed by atoms with E-state index in [4.69, 9.17) is 0 Å². The van der Waals surface area contributed by atoms with Crippen LogP contribution in [0.5, 0.6) is 0 Å². The zero-order valence-electron chi connectivity index (χ0n) is 12.0. The number of amides is 1. The van der Waals surface area contributed by atoms with Gasteiger partial charge in [0, 0.05) is 18.3 Å². The Kier molecular flexibility index (Phi) is 3.42. The van der Waals surface area contributed by atoms with Crippen molar-refractivity contribution in [1.29, 1.82) is 0 Å². The monoisotopic (exact) mass is 301 g/mol. The molecule has 0 bridgehead atoms. The van der Waals surface area contributed by atoms with Crippen molar-refractivity contribution in [1.82, 2.24) is 19.6 Å². The molecule has 21 heavy (non-hydrogen) atoms. The SMILES string of the molecule is Cc1ccn2cc(C(=O)Nc3nnc(C(C)C)s3)nc2c1. The number of aromatic nitrogens is 4. The lowest BCUT2D eigenvalue weighted by atomic mass is 10.2. The van der Waals surface area contributed by atoms with Crippen LogP contribution in [0.25, 0.3) is 5.65 Å². The molecule has 3 aromatic rings. The lowest BCUT2D eigenvalue weighted by Gasteiger charge is -1.96. The Hall–Kier alpha value is -2.28. The van der Waals surface area contributed by atoms with E-state index in [-0.39, 0.29) is 5.91 Å². The standard InChI is InChI=1S/C14H15N5OS/c1-8(2)13-17-18-14(21-13)16-12(20)10-7-19-5-4-9(3)6-11(19)15-10/h4-8H,1-3H3,(H,16,18,20). The molecule has 6 nitrogen and oxygen atoms in total. The van der Waals surface area contributed by atoms with Crippen molar-refractivity contribution >= 4 is 28.0 Å². The molecular weight excluding hydrogens is 286 g/mol. The van der Waals surface area contributed by atoms with E-state index in [0.29, 0.717) is 16.7 Å². The van der Waals surface area contributed by atoms with Crippen LogP contribution in [0.2, 0.25) is 0 Å². The molecule has 3 rings (SSSR count). The minimum Gasteiger partial charge on any atom is -0.306 e. The molecule has 0 saturated carbocycles. The molecule has 0 aromatic carbocycles. The van der Waals surface area contributed by atoms with Crippen molar-refractivity contribution in [3.05, 3.63) is 40.8 Å². The van der Waals surface area contributed by atoms with Gasteiger partial charge in [0.25, 0.3) is 5.91 Å². The fourth-order valence-electron chi connectivity index (χ4n) is 1.87. The fourth-order valence-corrected chi connectivity index (χ4v) is 2.61. The average Bonchev–Trinajstić information content (AvgIpc) is 3.04. The van der Waals surface area contributed by atoms with E-state index in [2.05, 4.69) is 20.5 Å². The Balaban J connectivity index is 1.82. The van der Waals surface area contributed by atoms with Crippen molar-refractivity contribution in [2.75, 3.05) is 5.32 Å². The third kappa shape index (κ3) is 2.78. The molecule has 0 saturated heterocycles. The van der Waals surface area contributed by atoms with E-state index < -0.39 is 0 Å². The highest BCUT2D eigenvalue weighted by atomic mass is 32.1. The first kappa shape index (κ1) is 13.7. The third-order valence-corrected chi connectivity index (χ3v) is 4.14. The molecular formula is C14H15N5OS. The zero-order valence-corrected chi connectivity index (χ0v) is 12.8. The third-order valence-electron chi connectivity index (χ3n) is 3.00. The number of hydrogen-bond donors (Lipinski definition) is 1. The molecule has 3 heterocycles. The van der Waals surface area contributed by atoms with Gasteiger partial charge >= 0.3 is 0 Å². The Labute approximate surface area is 125 Å². The maximum Gasteiger partial charge on any atom is 0.277 e. The van der Waals surface area contributed by atoms with Crippen LogP contribution in [0.3, 0.4) is 0 Å². The second-order valence-corrected chi connectivity index (χ2v) is 6.16. The number of carbonyl (C=O) groups excluding carboxylic acids is 1. The predicted octanol–water partition coefficient (Wildman–Crippen LogP) is 2.87. The summed E-state index contributed by atoms with van der Waals surface area (Å²) < 4.78 is 1.82. The molecule has 1 N–H and O–H groups in total. The van der Waals surface area contributed by atoms with Crippen LogP contribution in [0.1, 0.15) is 40.8 Å². The van der Waals surface area contributed by atoms with Crippen molar-refractivity contribution < 1.29 is 4.79 Å². The Morgan fingerprint density at radius 3 is 2.90 bits per heavy atom. The van der Waals surface area contributed by atoms with Gasteiger partial charge in [-0.1, -0.05) is 25.2 Å². The topological polar surface area (TPSA) is 72.2 Å². The minimum absolute atomic E-state index is 0.275. The number of nitrogens with one attached hydrogen (secondary N) is 1. The normalized spacial score (nSPS) is 11.2. The van der Waals surface area contributed by atoms with Gasteiger partial charge in [-0.05, 0) is 24.6 Å². The van der Waals surface area contributed by atoms with E-state index in [0.717, 1.165) is 16.2 Å². The fraction of sp³-hybridized carbons (Fsp3) is 0.286. The Morgan fingerprint density at radius 2 is 2.19 bits per heavy atom. The van der Waals surface area contributed by atoms with Gasteiger partial charge in [0.05, 0.1) is 0 Å². The van der Waals surface area contributed by atoms with Crippen molar-refractivity contribution in [3.63, 3.8) is 0 Å². The lowest BCUT2D eigenvalue weighted by Crippen LogP contribution is -2.12. The van der Waals surface area contributed by atoms with E-state index >= 15 is 0 Å². The number of rotatable bonds is 3. The summed E-state index contributed by atoms with van der Waals surface area (Å²) in [7, 11) is 0. The van der Waals surface area contributed by atoms with Crippen molar-refractivity contribution in [3.8, 4) is 0 Å². The first-order chi connectivity index (χ1) is 10.0. The zero-order chi connectivity index (χ0) is 15.0. The first-order valence-electron chi connectivity index (χ1n) is 6.63. The molecule has 0 fully saturated rings. The number of imidazole rings is 1. The molecule has 1 amide bonds. The average molecular weight is 301 g/mol. The Bertz CT molecular complexity index is 805. The van der Waals surface area contributed by atoms with Crippen LogP contribution in [0.15, 0.2) is 24.5 Å². The van der Waals surface area contributed by atoms with Crippen molar-refractivity contribution in [2.45, 2.75) is 26.7 Å². The summed E-state index contributed by atoms with van der Waals surface area (Å²) in [6.45, 7) is 6.07. The summed E-state index contributed by atoms with van der Waals surface area (Å²) in [5, 5.41) is 12.2. The van der Waals surface area contributed by atoms with Crippen LogP contribution in [-0.4, -0.2) is 25.5 Å². The minimum atomic E-state index is -0.275. The highest BCUT2D eigenvalue weighted by Crippen LogP contribution is 2.22. The van der Waals surface area contributed by atoms with E-state index in [9.17, 15) is 4.79 Å². The maximum atomic E-state index is 12.2. The molecule has 7 heteroatoms. The molecule has 0 aliphatic rings. The molecule has 0 spiro atoms. The smallest absolute Gasteiger partial charge is 0.277 e. The first-order valence-corrected chi connectivity index (χ1v) is 7.44. The molecule has 3 aromatic heterocycles. The molecule has 108 valence electrons. The van der Waals surface area contributed by atoms with Gasteiger partial charge in [-0.2, -0.15) is 0 Å². The van der Waals surface area contributed by atoms with Gasteiger partial charge in [0.15, 0.2) is 0 Å². The van der Waals surface area contributed by atoms with Crippen LogP contribution >= 0.6 is 11.3 Å². The number of hydrogen-bond acceptors (Lipinski definition) is 5. The molecule has 0 radical (unpaired) electrons. The second-order valence-electron chi connectivity index (χ2n) is 5.15. The van der Waals surface area contributed by atoms with Crippen LogP contribution < -0.4 is 5.32 Å². The summed E-state index contributed by atoms with van der Waals surface area (Å²) in [6.07, 6.45) is 3.59. The Morgan fingerprint density at radius 1 is 1.38 bits per heavy atom. The van der Waals surface area contributed by atoms with Gasteiger partial charge in [-0.3, -0.25) is 10.1 Å². The van der Waals surface area contributed by atoms with E-state index in [1.807, 2.05) is 43.5 Å². The number of pyridine rings is 1. The number of nitrogens with zero attached hydrogens (tertiary/aromatic N) is 4. The molecule has 0 aliphatic heterocycles.